The number of benzene rings is 1. The average Bonchev–Trinajstić information content (AvgIpc) is 3.10. The second-order valence-electron chi connectivity index (χ2n) is 5.68. The fraction of sp³-hybridized carbons (Fsp3) is 0.545. The zero-order valence-corrected chi connectivity index (χ0v) is 21.0. The van der Waals surface area contributed by atoms with Gasteiger partial charge in [-0.15, -0.1) is 0 Å². The zero-order valence-electron chi connectivity index (χ0n) is 18.5. The van der Waals surface area contributed by atoms with E-state index < -0.39 is 0 Å². The Kier molecular flexibility index (Phi) is 16.5. The van der Waals surface area contributed by atoms with Crippen LogP contribution in [-0.2, 0) is 11.3 Å². The first kappa shape index (κ1) is 28.1. The number of hydrogen-bond donors (Lipinski definition) is 1. The molecule has 1 N–H and O–H groups in total. The van der Waals surface area contributed by atoms with E-state index in [9.17, 15) is 4.79 Å². The van der Waals surface area contributed by atoms with Gasteiger partial charge in [0.25, 0.3) is 0 Å². The number of nitrogens with one attached hydrogen (secondary N) is 1. The Bertz CT molecular complexity index is 616. The van der Waals surface area contributed by atoms with Gasteiger partial charge in [-0.25, -0.2) is 0 Å². The summed E-state index contributed by atoms with van der Waals surface area (Å²) in [5, 5.41) is 2.95. The average molecular weight is 457 g/mol. The van der Waals surface area contributed by atoms with Crippen molar-refractivity contribution in [2.24, 2.45) is 0 Å². The summed E-state index contributed by atoms with van der Waals surface area (Å²) in [7, 11) is 0. The van der Waals surface area contributed by atoms with Crippen molar-refractivity contribution < 1.29 is 4.79 Å². The molecule has 0 unspecified atom stereocenters. The third kappa shape index (κ3) is 12.0. The van der Waals surface area contributed by atoms with Crippen molar-refractivity contribution >= 4 is 33.3 Å². The second kappa shape index (κ2) is 15.9. The molecule has 153 valence electrons. The van der Waals surface area contributed by atoms with Crippen LogP contribution < -0.4 is 5.32 Å². The van der Waals surface area contributed by atoms with Crippen molar-refractivity contribution in [2.75, 3.05) is 0 Å². The van der Waals surface area contributed by atoms with E-state index >= 15 is 0 Å². The van der Waals surface area contributed by atoms with Gasteiger partial charge in [-0.3, -0.25) is 0 Å². The molecule has 2 aromatic rings. The summed E-state index contributed by atoms with van der Waals surface area (Å²) in [5.41, 5.74) is 5.20. The topological polar surface area (TPSA) is 42.0 Å². The maximum atomic E-state index is 11.8. The van der Waals surface area contributed by atoms with E-state index in [4.69, 9.17) is 0 Å². The summed E-state index contributed by atoms with van der Waals surface area (Å²) < 4.78 is -0.0996. The normalized spacial score (nSPS) is 9.56. The molecule has 0 aliphatic heterocycles. The first-order chi connectivity index (χ1) is 12.8. The zero-order chi connectivity index (χ0) is 21.5. The third-order valence-corrected chi connectivity index (χ3v) is 4.32. The van der Waals surface area contributed by atoms with Crippen molar-refractivity contribution in [2.45, 2.75) is 79.6 Å². The standard InChI is InChI=1S/C16H19N2OSSe.3C2H6/c1-11-15(20-10-18-11)13-6-4-12(5-7-13)9-17-14(19)8-16(2,3)21;3*1-2/h4-7,10H,8-9H2,1-3H3,(H,17,19);3*1-2H3. The number of carbonyl (C=O) groups excluding carboxylic acids is 1. The molecule has 1 radical (unpaired) electrons. The van der Waals surface area contributed by atoms with E-state index in [1.54, 1.807) is 11.3 Å². The maximum absolute atomic E-state index is 11.8. The Morgan fingerprint density at radius 1 is 1.07 bits per heavy atom. The monoisotopic (exact) mass is 457 g/mol. The van der Waals surface area contributed by atoms with Crippen molar-refractivity contribution in [1.82, 2.24) is 10.3 Å². The number of hydrogen-bond acceptors (Lipinski definition) is 3. The molecule has 0 aliphatic rings. The van der Waals surface area contributed by atoms with Crippen molar-refractivity contribution in [3.05, 3.63) is 41.0 Å². The Morgan fingerprint density at radius 3 is 2.00 bits per heavy atom. The fourth-order valence-electron chi connectivity index (χ4n) is 2.00. The first-order valence-electron chi connectivity index (χ1n) is 9.82. The van der Waals surface area contributed by atoms with Crippen LogP contribution in [0.4, 0.5) is 0 Å². The minimum atomic E-state index is -0.0996. The van der Waals surface area contributed by atoms with Crippen LogP contribution in [0.3, 0.4) is 0 Å². The molecular formula is C22H37N2OSSe. The molecule has 0 aliphatic carbocycles. The van der Waals surface area contributed by atoms with Crippen LogP contribution >= 0.6 is 11.3 Å². The van der Waals surface area contributed by atoms with Gasteiger partial charge in [-0.05, 0) is 0 Å². The SMILES string of the molecule is CC.CC.CC.Cc1ncsc1-c1ccc(CNC(=O)CC(C)(C)[Se])cc1. The molecule has 1 heterocycles. The van der Waals surface area contributed by atoms with Gasteiger partial charge in [-0.2, -0.15) is 0 Å². The third-order valence-electron chi connectivity index (χ3n) is 3.04. The molecular weight excluding hydrogens is 419 g/mol. The predicted molar refractivity (Wildman–Crippen MR) is 123 cm³/mol. The van der Waals surface area contributed by atoms with Gasteiger partial charge >= 0.3 is 138 Å². The van der Waals surface area contributed by atoms with Gasteiger partial charge in [0.05, 0.1) is 0 Å². The van der Waals surface area contributed by atoms with Gasteiger partial charge in [0, 0.05) is 0 Å². The molecule has 0 saturated carbocycles. The van der Waals surface area contributed by atoms with E-state index in [0.29, 0.717) is 13.0 Å². The molecule has 1 aromatic heterocycles. The first-order valence-corrected chi connectivity index (χ1v) is 11.6. The van der Waals surface area contributed by atoms with Gasteiger partial charge in [0.2, 0.25) is 0 Å². The van der Waals surface area contributed by atoms with Gasteiger partial charge in [0.1, 0.15) is 0 Å². The number of carbonyl (C=O) groups is 1. The van der Waals surface area contributed by atoms with Gasteiger partial charge in [-0.1, -0.05) is 41.5 Å². The Hall–Kier alpha value is -1.16. The number of thiazole rings is 1. The molecule has 2 rings (SSSR count). The molecule has 27 heavy (non-hydrogen) atoms. The van der Waals surface area contributed by atoms with E-state index in [-0.39, 0.29) is 10.2 Å². The summed E-state index contributed by atoms with van der Waals surface area (Å²) in [5.74, 6) is 0.0705. The van der Waals surface area contributed by atoms with Gasteiger partial charge in [0.15, 0.2) is 0 Å². The number of amides is 1. The summed E-state index contributed by atoms with van der Waals surface area (Å²) in [6, 6.07) is 8.27. The second-order valence-corrected chi connectivity index (χ2v) is 8.85. The number of aryl methyl sites for hydroxylation is 1. The summed E-state index contributed by atoms with van der Waals surface area (Å²) >= 11 is 4.66. The van der Waals surface area contributed by atoms with Crippen LogP contribution in [0.2, 0.25) is 4.31 Å². The molecule has 0 saturated heterocycles. The van der Waals surface area contributed by atoms with Crippen LogP contribution in [0.1, 0.15) is 73.1 Å². The van der Waals surface area contributed by atoms with Crippen molar-refractivity contribution in [1.29, 1.82) is 0 Å². The number of nitrogens with zero attached hydrogens (tertiary/aromatic N) is 1. The molecule has 0 spiro atoms. The summed E-state index contributed by atoms with van der Waals surface area (Å²) in [6.07, 6.45) is 0.491. The molecule has 3 nitrogen and oxygen atoms in total. The van der Waals surface area contributed by atoms with Crippen molar-refractivity contribution in [3.8, 4) is 10.4 Å². The van der Waals surface area contributed by atoms with Crippen molar-refractivity contribution in [3.63, 3.8) is 0 Å². The van der Waals surface area contributed by atoms with Crippen LogP contribution in [0.15, 0.2) is 29.8 Å². The summed E-state index contributed by atoms with van der Waals surface area (Å²) in [6.45, 7) is 18.6. The molecule has 1 amide bonds. The van der Waals surface area contributed by atoms with E-state index in [1.807, 2.05) is 67.8 Å². The Morgan fingerprint density at radius 2 is 1.59 bits per heavy atom. The van der Waals surface area contributed by atoms with E-state index in [1.165, 1.54) is 10.4 Å². The minimum absolute atomic E-state index is 0.0705. The molecule has 1 aromatic carbocycles. The van der Waals surface area contributed by atoms with Crippen LogP contribution in [0.25, 0.3) is 10.4 Å². The Balaban J connectivity index is 0. The predicted octanol–water partition coefficient (Wildman–Crippen LogP) is 6.57. The Labute approximate surface area is 179 Å². The fourth-order valence-corrected chi connectivity index (χ4v) is 3.09. The molecule has 5 heteroatoms. The molecule has 0 fully saturated rings. The molecule has 0 bridgehead atoms. The summed E-state index contributed by atoms with van der Waals surface area (Å²) in [4.78, 5) is 17.3. The van der Waals surface area contributed by atoms with E-state index in [2.05, 4.69) is 50.6 Å². The quantitative estimate of drug-likeness (QED) is 0.517. The van der Waals surface area contributed by atoms with Crippen LogP contribution in [-0.4, -0.2) is 26.9 Å². The van der Waals surface area contributed by atoms with Crippen LogP contribution in [0.5, 0.6) is 0 Å². The van der Waals surface area contributed by atoms with E-state index in [0.717, 1.165) is 11.3 Å². The number of aromatic nitrogens is 1. The van der Waals surface area contributed by atoms with Crippen LogP contribution in [0, 0.1) is 6.92 Å². The van der Waals surface area contributed by atoms with Gasteiger partial charge < -0.3 is 0 Å². The molecule has 0 atom stereocenters. The number of rotatable bonds is 5.